The number of aryl methyl sites for hydroxylation is 1. The van der Waals surface area contributed by atoms with Crippen molar-refractivity contribution in [3.05, 3.63) is 50.8 Å². The zero-order valence-electron chi connectivity index (χ0n) is 9.89. The fourth-order valence-electron chi connectivity index (χ4n) is 1.52. The summed E-state index contributed by atoms with van der Waals surface area (Å²) in [5.41, 5.74) is -0.280. The number of thiophene rings is 1. The zero-order valence-corrected chi connectivity index (χ0v) is 10.7. The van der Waals surface area contributed by atoms with Gasteiger partial charge < -0.3 is 15.4 Å². The Kier molecular flexibility index (Phi) is 3.48. The molecule has 7 heteroatoms. The number of amides is 1. The first-order valence-electron chi connectivity index (χ1n) is 5.32. The molecule has 19 heavy (non-hydrogen) atoms. The number of nitrogens with one attached hydrogen (secondary N) is 2. The molecule has 0 saturated carbocycles. The number of anilines is 1. The summed E-state index contributed by atoms with van der Waals surface area (Å²) in [5, 5.41) is 11.7. The molecule has 0 unspecified atom stereocenters. The van der Waals surface area contributed by atoms with Crippen LogP contribution in [0.3, 0.4) is 0 Å². The Bertz CT molecular complexity index is 702. The van der Waals surface area contributed by atoms with Gasteiger partial charge in [-0.15, -0.1) is 11.3 Å². The van der Waals surface area contributed by atoms with E-state index in [4.69, 9.17) is 5.11 Å². The largest absolute Gasteiger partial charge is 0.478 e. The predicted octanol–water partition coefficient (Wildman–Crippen LogP) is 1.70. The second-order valence-corrected chi connectivity index (χ2v) is 5.04. The summed E-state index contributed by atoms with van der Waals surface area (Å²) < 4.78 is 0. The lowest BCUT2D eigenvalue weighted by Crippen LogP contribution is -2.18. The molecule has 0 aromatic carbocycles. The number of aromatic amines is 1. The molecule has 0 saturated heterocycles. The fourth-order valence-corrected chi connectivity index (χ4v) is 2.42. The van der Waals surface area contributed by atoms with Gasteiger partial charge >= 0.3 is 5.97 Å². The van der Waals surface area contributed by atoms with Crippen LogP contribution in [0.4, 0.5) is 5.00 Å². The highest BCUT2D eigenvalue weighted by Crippen LogP contribution is 2.27. The van der Waals surface area contributed by atoms with Crippen LogP contribution in [0.15, 0.2) is 29.1 Å². The molecular weight excluding hydrogens is 268 g/mol. The Morgan fingerprint density at radius 3 is 2.74 bits per heavy atom. The van der Waals surface area contributed by atoms with Gasteiger partial charge in [0.05, 0.1) is 5.56 Å². The quantitative estimate of drug-likeness (QED) is 0.795. The highest BCUT2D eigenvalue weighted by atomic mass is 32.1. The molecule has 2 heterocycles. The number of aromatic nitrogens is 1. The average molecular weight is 278 g/mol. The lowest BCUT2D eigenvalue weighted by molar-refractivity contribution is 0.0698. The number of carbonyl (C=O) groups excluding carboxylic acids is 1. The maximum atomic E-state index is 11.9. The summed E-state index contributed by atoms with van der Waals surface area (Å²) in [7, 11) is 0. The SMILES string of the molecule is Cc1cc(C(=O)O)c(NC(=O)c2cccc(=O)[nH]2)s1. The molecule has 0 aliphatic heterocycles. The van der Waals surface area contributed by atoms with Crippen LogP contribution in [0.2, 0.25) is 0 Å². The van der Waals surface area contributed by atoms with E-state index < -0.39 is 17.4 Å². The summed E-state index contributed by atoms with van der Waals surface area (Å²) in [6, 6.07) is 5.66. The summed E-state index contributed by atoms with van der Waals surface area (Å²) in [6.45, 7) is 1.75. The van der Waals surface area contributed by atoms with Crippen molar-refractivity contribution in [1.82, 2.24) is 4.98 Å². The molecule has 6 nitrogen and oxygen atoms in total. The highest BCUT2D eigenvalue weighted by molar-refractivity contribution is 7.16. The van der Waals surface area contributed by atoms with Gasteiger partial charge in [-0.05, 0) is 19.1 Å². The molecule has 0 spiro atoms. The minimum atomic E-state index is -1.11. The van der Waals surface area contributed by atoms with Crippen molar-refractivity contribution in [3.8, 4) is 0 Å². The molecule has 98 valence electrons. The van der Waals surface area contributed by atoms with Gasteiger partial charge in [0.1, 0.15) is 10.7 Å². The Hall–Kier alpha value is -2.41. The predicted molar refractivity (Wildman–Crippen MR) is 71.0 cm³/mol. The van der Waals surface area contributed by atoms with Crippen molar-refractivity contribution in [2.75, 3.05) is 5.32 Å². The number of hydrogen-bond donors (Lipinski definition) is 3. The Morgan fingerprint density at radius 2 is 2.11 bits per heavy atom. The van der Waals surface area contributed by atoms with E-state index in [9.17, 15) is 14.4 Å². The van der Waals surface area contributed by atoms with Gasteiger partial charge in [-0.25, -0.2) is 4.79 Å². The van der Waals surface area contributed by atoms with Crippen LogP contribution in [0, 0.1) is 6.92 Å². The van der Waals surface area contributed by atoms with E-state index in [0.717, 1.165) is 4.88 Å². The van der Waals surface area contributed by atoms with Crippen molar-refractivity contribution in [2.24, 2.45) is 0 Å². The molecule has 2 aromatic heterocycles. The molecule has 0 aliphatic rings. The van der Waals surface area contributed by atoms with Crippen molar-refractivity contribution >= 4 is 28.2 Å². The molecule has 2 aromatic rings. The normalized spacial score (nSPS) is 10.2. The van der Waals surface area contributed by atoms with Crippen LogP contribution < -0.4 is 10.9 Å². The van der Waals surface area contributed by atoms with Gasteiger partial charge in [-0.3, -0.25) is 9.59 Å². The first kappa shape index (κ1) is 13.0. The van der Waals surface area contributed by atoms with E-state index in [1.165, 1.54) is 35.6 Å². The van der Waals surface area contributed by atoms with Crippen LogP contribution in [0.5, 0.6) is 0 Å². The Labute approximate surface area is 111 Å². The third-order valence-electron chi connectivity index (χ3n) is 2.33. The summed E-state index contributed by atoms with van der Waals surface area (Å²) in [6.07, 6.45) is 0. The van der Waals surface area contributed by atoms with Crippen molar-refractivity contribution in [3.63, 3.8) is 0 Å². The molecule has 0 fully saturated rings. The average Bonchev–Trinajstić information content (AvgIpc) is 2.70. The van der Waals surface area contributed by atoms with Gasteiger partial charge in [-0.1, -0.05) is 6.07 Å². The first-order chi connectivity index (χ1) is 8.97. The first-order valence-corrected chi connectivity index (χ1v) is 6.13. The molecular formula is C12H10N2O4S. The number of hydrogen-bond acceptors (Lipinski definition) is 4. The molecule has 0 radical (unpaired) electrons. The number of H-pyrrole nitrogens is 1. The third kappa shape index (κ3) is 2.89. The Balaban J connectivity index is 2.29. The van der Waals surface area contributed by atoms with Gasteiger partial charge in [0.15, 0.2) is 0 Å². The molecule has 0 atom stereocenters. The van der Waals surface area contributed by atoms with E-state index in [2.05, 4.69) is 10.3 Å². The summed E-state index contributed by atoms with van der Waals surface area (Å²) in [5.74, 6) is -1.66. The van der Waals surface area contributed by atoms with E-state index in [1.807, 2.05) is 0 Å². The van der Waals surface area contributed by atoms with Gasteiger partial charge in [-0.2, -0.15) is 0 Å². The number of pyridine rings is 1. The summed E-state index contributed by atoms with van der Waals surface area (Å²) >= 11 is 1.17. The molecule has 0 bridgehead atoms. The van der Waals surface area contributed by atoms with E-state index >= 15 is 0 Å². The van der Waals surface area contributed by atoms with Crippen molar-refractivity contribution in [1.29, 1.82) is 0 Å². The fraction of sp³-hybridized carbons (Fsp3) is 0.0833. The van der Waals surface area contributed by atoms with E-state index in [0.29, 0.717) is 0 Å². The van der Waals surface area contributed by atoms with Crippen molar-refractivity contribution in [2.45, 2.75) is 6.92 Å². The number of carbonyl (C=O) groups is 2. The van der Waals surface area contributed by atoms with E-state index in [-0.39, 0.29) is 16.3 Å². The summed E-state index contributed by atoms with van der Waals surface area (Å²) in [4.78, 5) is 37.1. The standard InChI is InChI=1S/C12H10N2O4S/c1-6-5-7(12(17)18)11(19-6)14-10(16)8-3-2-4-9(15)13-8/h2-5H,1H3,(H,13,15)(H,14,16)(H,17,18). The molecule has 3 N–H and O–H groups in total. The number of rotatable bonds is 3. The minimum absolute atomic E-state index is 0.0362. The van der Waals surface area contributed by atoms with Gasteiger partial charge in [0.25, 0.3) is 5.91 Å². The van der Waals surface area contributed by atoms with Crippen molar-refractivity contribution < 1.29 is 14.7 Å². The maximum Gasteiger partial charge on any atom is 0.338 e. The lowest BCUT2D eigenvalue weighted by atomic mass is 10.3. The van der Waals surface area contributed by atoms with Gasteiger partial charge in [0.2, 0.25) is 5.56 Å². The molecule has 1 amide bonds. The molecule has 0 aliphatic carbocycles. The van der Waals surface area contributed by atoms with Gasteiger partial charge in [0, 0.05) is 10.9 Å². The second kappa shape index (κ2) is 5.07. The van der Waals surface area contributed by atoms with Crippen LogP contribution in [-0.4, -0.2) is 22.0 Å². The monoisotopic (exact) mass is 278 g/mol. The second-order valence-electron chi connectivity index (χ2n) is 3.79. The van der Waals surface area contributed by atoms with Crippen LogP contribution in [-0.2, 0) is 0 Å². The lowest BCUT2D eigenvalue weighted by Gasteiger charge is -2.03. The van der Waals surface area contributed by atoms with Crippen LogP contribution >= 0.6 is 11.3 Å². The minimum Gasteiger partial charge on any atom is -0.478 e. The van der Waals surface area contributed by atoms with E-state index in [1.54, 1.807) is 6.92 Å². The van der Waals surface area contributed by atoms with Crippen LogP contribution in [0.25, 0.3) is 0 Å². The zero-order chi connectivity index (χ0) is 14.0. The molecule has 2 rings (SSSR count). The van der Waals surface area contributed by atoms with Crippen LogP contribution in [0.1, 0.15) is 25.7 Å². The maximum absolute atomic E-state index is 11.9. The topological polar surface area (TPSA) is 99.3 Å². The number of carboxylic acid groups (broad SMARTS) is 1. The number of aromatic carboxylic acids is 1. The Morgan fingerprint density at radius 1 is 1.37 bits per heavy atom. The third-order valence-corrected chi connectivity index (χ3v) is 3.29. The number of carboxylic acids is 1. The smallest absolute Gasteiger partial charge is 0.338 e. The highest BCUT2D eigenvalue weighted by Gasteiger charge is 2.16.